The minimum absolute atomic E-state index is 0.162. The van der Waals surface area contributed by atoms with Gasteiger partial charge in [-0.1, -0.05) is 6.42 Å². The lowest BCUT2D eigenvalue weighted by Crippen LogP contribution is -2.19. The van der Waals surface area contributed by atoms with Gasteiger partial charge in [-0.25, -0.2) is 0 Å². The van der Waals surface area contributed by atoms with Gasteiger partial charge in [0.25, 0.3) is 0 Å². The average molecular weight is 175 g/mol. The van der Waals surface area contributed by atoms with Crippen LogP contribution < -0.4 is 5.32 Å². The summed E-state index contributed by atoms with van der Waals surface area (Å²) in [7, 11) is 0. The first kappa shape index (κ1) is 11.4. The van der Waals surface area contributed by atoms with Crippen LogP contribution in [0.3, 0.4) is 0 Å². The molecule has 0 aliphatic carbocycles. The Kier molecular flexibility index (Phi) is 8.05. The highest BCUT2D eigenvalue weighted by atomic mass is 16.4. The molecular formula is C8H17NO3. The highest BCUT2D eigenvalue weighted by Gasteiger charge is 1.95. The van der Waals surface area contributed by atoms with Crippen molar-refractivity contribution < 1.29 is 15.0 Å². The largest absolute Gasteiger partial charge is 0.481 e. The molecular weight excluding hydrogens is 158 g/mol. The summed E-state index contributed by atoms with van der Waals surface area (Å²) in [6, 6.07) is 0. The third-order valence-electron chi connectivity index (χ3n) is 1.53. The van der Waals surface area contributed by atoms with Crippen molar-refractivity contribution in [2.24, 2.45) is 0 Å². The number of carbonyl (C=O) groups is 1. The van der Waals surface area contributed by atoms with E-state index in [2.05, 4.69) is 5.32 Å². The van der Waals surface area contributed by atoms with E-state index >= 15 is 0 Å². The Balaban J connectivity index is 2.86. The van der Waals surface area contributed by atoms with Crippen LogP contribution in [-0.4, -0.2) is 35.9 Å². The molecule has 12 heavy (non-hydrogen) atoms. The summed E-state index contributed by atoms with van der Waals surface area (Å²) in [6.07, 6.45) is 2.92. The molecule has 4 nitrogen and oxygen atoms in total. The molecule has 0 aromatic rings. The highest BCUT2D eigenvalue weighted by Crippen LogP contribution is 1.97. The second kappa shape index (κ2) is 8.49. The number of carboxylic acid groups (broad SMARTS) is 1. The number of aliphatic hydroxyl groups excluding tert-OH is 1. The molecule has 0 atom stereocenters. The van der Waals surface area contributed by atoms with Crippen molar-refractivity contribution in [1.29, 1.82) is 0 Å². The van der Waals surface area contributed by atoms with Crippen molar-refractivity contribution in [3.63, 3.8) is 0 Å². The maximum Gasteiger partial charge on any atom is 0.303 e. The molecule has 0 amide bonds. The molecule has 0 saturated heterocycles. The van der Waals surface area contributed by atoms with Crippen molar-refractivity contribution in [2.75, 3.05) is 19.7 Å². The van der Waals surface area contributed by atoms with Crippen LogP contribution in [0, 0.1) is 0 Å². The molecule has 0 aliphatic rings. The van der Waals surface area contributed by atoms with E-state index in [0.717, 1.165) is 25.8 Å². The molecule has 0 fully saturated rings. The monoisotopic (exact) mass is 175 g/mol. The Morgan fingerprint density at radius 3 is 2.50 bits per heavy atom. The number of nitrogens with one attached hydrogen (secondary N) is 1. The SMILES string of the molecule is O=C(O)CCCCCNCCO. The second-order valence-electron chi connectivity index (χ2n) is 2.68. The molecule has 72 valence electrons. The fourth-order valence-corrected chi connectivity index (χ4v) is 0.907. The molecule has 3 N–H and O–H groups in total. The second-order valence-corrected chi connectivity index (χ2v) is 2.68. The molecule has 0 radical (unpaired) electrons. The molecule has 4 heteroatoms. The first-order valence-corrected chi connectivity index (χ1v) is 4.30. The van der Waals surface area contributed by atoms with E-state index in [1.54, 1.807) is 0 Å². The summed E-state index contributed by atoms with van der Waals surface area (Å²) in [6.45, 7) is 1.65. The van der Waals surface area contributed by atoms with Crippen LogP contribution >= 0.6 is 0 Å². The van der Waals surface area contributed by atoms with Gasteiger partial charge in [0, 0.05) is 13.0 Å². The Labute approximate surface area is 72.6 Å². The Hall–Kier alpha value is -0.610. The molecule has 0 unspecified atom stereocenters. The first-order chi connectivity index (χ1) is 5.77. The van der Waals surface area contributed by atoms with Crippen LogP contribution in [-0.2, 0) is 4.79 Å². The standard InChI is InChI=1S/C8H17NO3/c10-7-6-9-5-3-1-2-4-8(11)12/h9-10H,1-7H2,(H,11,12). The van der Waals surface area contributed by atoms with Gasteiger partial charge in [-0.3, -0.25) is 4.79 Å². The Morgan fingerprint density at radius 2 is 1.92 bits per heavy atom. The van der Waals surface area contributed by atoms with Crippen molar-refractivity contribution in [3.05, 3.63) is 0 Å². The topological polar surface area (TPSA) is 69.6 Å². The summed E-state index contributed by atoms with van der Waals surface area (Å²) in [5.41, 5.74) is 0. The van der Waals surface area contributed by atoms with E-state index in [-0.39, 0.29) is 13.0 Å². The molecule has 0 saturated carbocycles. The maximum absolute atomic E-state index is 10.1. The van der Waals surface area contributed by atoms with E-state index in [1.807, 2.05) is 0 Å². The summed E-state index contributed by atoms with van der Waals surface area (Å²) in [5.74, 6) is -0.724. The van der Waals surface area contributed by atoms with Gasteiger partial charge in [0.15, 0.2) is 0 Å². The third kappa shape index (κ3) is 9.39. The molecule has 0 heterocycles. The molecule has 0 aliphatic heterocycles. The van der Waals surface area contributed by atoms with E-state index in [0.29, 0.717) is 6.54 Å². The van der Waals surface area contributed by atoms with Crippen LogP contribution in [0.1, 0.15) is 25.7 Å². The number of hydrogen-bond acceptors (Lipinski definition) is 3. The van der Waals surface area contributed by atoms with Gasteiger partial charge in [-0.05, 0) is 19.4 Å². The summed E-state index contributed by atoms with van der Waals surface area (Å²) < 4.78 is 0. The van der Waals surface area contributed by atoms with E-state index in [9.17, 15) is 4.79 Å². The van der Waals surface area contributed by atoms with Crippen LogP contribution in [0.2, 0.25) is 0 Å². The lowest BCUT2D eigenvalue weighted by molar-refractivity contribution is -0.137. The van der Waals surface area contributed by atoms with E-state index in [1.165, 1.54) is 0 Å². The summed E-state index contributed by atoms with van der Waals surface area (Å²) in [4.78, 5) is 10.1. The van der Waals surface area contributed by atoms with Crippen molar-refractivity contribution >= 4 is 5.97 Å². The molecule has 0 aromatic heterocycles. The van der Waals surface area contributed by atoms with Gasteiger partial charge in [0.1, 0.15) is 0 Å². The first-order valence-electron chi connectivity index (χ1n) is 4.30. The van der Waals surface area contributed by atoms with Gasteiger partial charge in [-0.15, -0.1) is 0 Å². The fourth-order valence-electron chi connectivity index (χ4n) is 0.907. The molecule has 0 rings (SSSR count). The Bertz CT molecular complexity index is 117. The van der Waals surface area contributed by atoms with Gasteiger partial charge in [0.2, 0.25) is 0 Å². The zero-order valence-electron chi connectivity index (χ0n) is 7.25. The fraction of sp³-hybridized carbons (Fsp3) is 0.875. The quantitative estimate of drug-likeness (QED) is 0.461. The smallest absolute Gasteiger partial charge is 0.303 e. The number of hydrogen-bond donors (Lipinski definition) is 3. The summed E-state index contributed by atoms with van der Waals surface area (Å²) >= 11 is 0. The van der Waals surface area contributed by atoms with Crippen LogP contribution in [0.4, 0.5) is 0 Å². The summed E-state index contributed by atoms with van der Waals surface area (Å²) in [5, 5.41) is 19.7. The van der Waals surface area contributed by atoms with Crippen LogP contribution in [0.15, 0.2) is 0 Å². The molecule has 0 aromatic carbocycles. The highest BCUT2D eigenvalue weighted by molar-refractivity contribution is 5.66. The van der Waals surface area contributed by atoms with Gasteiger partial charge >= 0.3 is 5.97 Å². The molecule has 0 bridgehead atoms. The van der Waals surface area contributed by atoms with Crippen molar-refractivity contribution in [1.82, 2.24) is 5.32 Å². The maximum atomic E-state index is 10.1. The molecule has 0 spiro atoms. The minimum Gasteiger partial charge on any atom is -0.481 e. The van der Waals surface area contributed by atoms with Crippen LogP contribution in [0.5, 0.6) is 0 Å². The van der Waals surface area contributed by atoms with Crippen LogP contribution in [0.25, 0.3) is 0 Å². The van der Waals surface area contributed by atoms with Crippen molar-refractivity contribution in [2.45, 2.75) is 25.7 Å². The third-order valence-corrected chi connectivity index (χ3v) is 1.53. The number of aliphatic carboxylic acids is 1. The number of carboxylic acids is 1. The van der Waals surface area contributed by atoms with E-state index in [4.69, 9.17) is 10.2 Å². The zero-order valence-corrected chi connectivity index (χ0v) is 7.25. The average Bonchev–Trinajstić information content (AvgIpc) is 2.02. The lowest BCUT2D eigenvalue weighted by Gasteiger charge is -2.00. The predicted molar refractivity (Wildman–Crippen MR) is 46.1 cm³/mol. The number of rotatable bonds is 8. The number of aliphatic hydroxyl groups is 1. The Morgan fingerprint density at radius 1 is 1.17 bits per heavy atom. The predicted octanol–water partition coefficient (Wildman–Crippen LogP) is 0.213. The lowest BCUT2D eigenvalue weighted by atomic mass is 10.2. The minimum atomic E-state index is -0.724. The van der Waals surface area contributed by atoms with Crippen molar-refractivity contribution in [3.8, 4) is 0 Å². The van der Waals surface area contributed by atoms with E-state index < -0.39 is 5.97 Å². The van der Waals surface area contributed by atoms with Gasteiger partial charge < -0.3 is 15.5 Å². The number of unbranched alkanes of at least 4 members (excludes halogenated alkanes) is 2. The zero-order chi connectivity index (χ0) is 9.23. The van der Waals surface area contributed by atoms with Gasteiger partial charge in [-0.2, -0.15) is 0 Å². The van der Waals surface area contributed by atoms with Gasteiger partial charge in [0.05, 0.1) is 6.61 Å². The normalized spacial score (nSPS) is 10.1.